The lowest BCUT2D eigenvalue weighted by molar-refractivity contribution is -0.326. The number of ether oxygens (including phenoxy) is 2. The van der Waals surface area contributed by atoms with E-state index in [0.29, 0.717) is 0 Å². The maximum Gasteiger partial charge on any atom is 0.251 e. The number of aliphatic hydroxyl groups is 8. The second-order valence-electron chi connectivity index (χ2n) is 6.00. The molecule has 12 nitrogen and oxygen atoms in total. The third-order valence-corrected chi connectivity index (χ3v) is 4.27. The zero-order valence-electron chi connectivity index (χ0n) is 14.3. The molecule has 1 aliphatic heterocycles. The van der Waals surface area contributed by atoms with Gasteiger partial charge in [-0.1, -0.05) is 0 Å². The van der Waals surface area contributed by atoms with Crippen molar-refractivity contribution in [2.24, 2.45) is 0 Å². The molecule has 27 heavy (non-hydrogen) atoms. The van der Waals surface area contributed by atoms with Crippen LogP contribution in [0.1, 0.15) is 0 Å². The molecule has 9 N–H and O–H groups in total. The van der Waals surface area contributed by atoms with Gasteiger partial charge in [-0.2, -0.15) is 12.6 Å². The third-order valence-electron chi connectivity index (χ3n) is 4.05. The smallest absolute Gasteiger partial charge is 0.251 e. The van der Waals surface area contributed by atoms with E-state index >= 15 is 0 Å². The van der Waals surface area contributed by atoms with E-state index < -0.39 is 74.2 Å². The summed E-state index contributed by atoms with van der Waals surface area (Å²) in [5.74, 6) is -0.734. The monoisotopic (exact) mass is 417 g/mol. The Labute approximate surface area is 160 Å². The van der Waals surface area contributed by atoms with E-state index in [0.717, 1.165) is 0 Å². The van der Waals surface area contributed by atoms with Gasteiger partial charge in [0.2, 0.25) is 0 Å². The SMILES string of the molecule is O=C(NCCS)[C@H](O)[C@@H](O)[C@H](O[C@@H]1O[C@H](CO)[C@H](O)[C@H](O)[C@H]1O)[C@H](O)CO. The molecule has 0 spiro atoms. The molecule has 0 radical (unpaired) electrons. The average molecular weight is 417 g/mol. The molecule has 1 rings (SSSR count). The highest BCUT2D eigenvalue weighted by Gasteiger charge is 2.47. The minimum atomic E-state index is -2.07. The predicted molar refractivity (Wildman–Crippen MR) is 90.6 cm³/mol. The summed E-state index contributed by atoms with van der Waals surface area (Å²) in [6.07, 6.45) is -16.1. The molecule has 0 bridgehead atoms. The minimum Gasteiger partial charge on any atom is -0.394 e. The first-order valence-corrected chi connectivity index (χ1v) is 8.82. The Bertz CT molecular complexity index is 457. The standard InChI is InChI=1S/C14H27NO11S/c16-3-5(18)12(9(21)10(22)13(24)15-1-2-27)26-14-11(23)8(20)7(19)6(4-17)25-14/h5-12,14,16-23,27H,1-4H2,(H,15,24)/t5-,6-,7+,8+,9-,10-,11-,12-,14+/m1/s1. The van der Waals surface area contributed by atoms with Gasteiger partial charge in [-0.15, -0.1) is 0 Å². The minimum absolute atomic E-state index is 0.0898. The Balaban J connectivity index is 2.92. The largest absolute Gasteiger partial charge is 0.394 e. The topological polar surface area (TPSA) is 209 Å². The molecule has 1 amide bonds. The number of nitrogens with one attached hydrogen (secondary N) is 1. The van der Waals surface area contributed by atoms with Gasteiger partial charge in [-0.05, 0) is 0 Å². The van der Waals surface area contributed by atoms with E-state index in [9.17, 15) is 35.4 Å². The molecule has 160 valence electrons. The van der Waals surface area contributed by atoms with Crippen LogP contribution in [0.25, 0.3) is 0 Å². The predicted octanol–water partition coefficient (Wildman–Crippen LogP) is -5.71. The molecule has 1 saturated heterocycles. The maximum atomic E-state index is 11.8. The van der Waals surface area contributed by atoms with Crippen molar-refractivity contribution in [2.75, 3.05) is 25.5 Å². The number of aliphatic hydroxyl groups excluding tert-OH is 8. The summed E-state index contributed by atoms with van der Waals surface area (Å²) in [5, 5.41) is 79.9. The molecule has 0 aromatic rings. The normalized spacial score (nSPS) is 33.1. The third kappa shape index (κ3) is 6.20. The Kier molecular flexibility index (Phi) is 10.4. The van der Waals surface area contributed by atoms with Crippen LogP contribution in [0.15, 0.2) is 0 Å². The van der Waals surface area contributed by atoms with Gasteiger partial charge >= 0.3 is 0 Å². The zero-order chi connectivity index (χ0) is 20.7. The van der Waals surface area contributed by atoms with Crippen LogP contribution in [0, 0.1) is 0 Å². The van der Waals surface area contributed by atoms with Crippen LogP contribution in [0.5, 0.6) is 0 Å². The van der Waals surface area contributed by atoms with Gasteiger partial charge in [0.05, 0.1) is 13.2 Å². The second-order valence-corrected chi connectivity index (χ2v) is 6.45. The lowest BCUT2D eigenvalue weighted by atomic mass is 9.98. The summed E-state index contributed by atoms with van der Waals surface area (Å²) in [7, 11) is 0. The van der Waals surface area contributed by atoms with Crippen molar-refractivity contribution >= 4 is 18.5 Å². The van der Waals surface area contributed by atoms with Crippen molar-refractivity contribution in [3.63, 3.8) is 0 Å². The molecule has 1 heterocycles. The zero-order valence-corrected chi connectivity index (χ0v) is 15.2. The number of hydrogen-bond acceptors (Lipinski definition) is 12. The van der Waals surface area contributed by atoms with E-state index in [1.165, 1.54) is 0 Å². The summed E-state index contributed by atoms with van der Waals surface area (Å²) >= 11 is 3.87. The summed E-state index contributed by atoms with van der Waals surface area (Å²) in [5.41, 5.74) is 0. The van der Waals surface area contributed by atoms with Crippen molar-refractivity contribution in [2.45, 2.75) is 55.1 Å². The Morgan fingerprint density at radius 2 is 1.74 bits per heavy atom. The summed E-state index contributed by atoms with van der Waals surface area (Å²) < 4.78 is 10.3. The lowest BCUT2D eigenvalue weighted by Crippen LogP contribution is -2.62. The van der Waals surface area contributed by atoms with Crippen molar-refractivity contribution in [3.8, 4) is 0 Å². The molecule has 0 aromatic heterocycles. The molecule has 9 atom stereocenters. The van der Waals surface area contributed by atoms with Crippen LogP contribution < -0.4 is 5.32 Å². The highest BCUT2D eigenvalue weighted by Crippen LogP contribution is 2.25. The Morgan fingerprint density at radius 1 is 1.11 bits per heavy atom. The van der Waals surface area contributed by atoms with Crippen LogP contribution in [-0.4, -0.2) is 127 Å². The number of carbonyl (C=O) groups is 1. The molecule has 13 heteroatoms. The molecular formula is C14H27NO11S. The van der Waals surface area contributed by atoms with Crippen molar-refractivity contribution in [1.29, 1.82) is 0 Å². The fourth-order valence-electron chi connectivity index (χ4n) is 2.46. The fourth-order valence-corrected chi connectivity index (χ4v) is 2.57. The van der Waals surface area contributed by atoms with Gasteiger partial charge < -0.3 is 55.6 Å². The first-order chi connectivity index (χ1) is 12.7. The highest BCUT2D eigenvalue weighted by molar-refractivity contribution is 7.80. The van der Waals surface area contributed by atoms with Crippen LogP contribution in [0.3, 0.4) is 0 Å². The van der Waals surface area contributed by atoms with Crippen molar-refractivity contribution < 1.29 is 55.1 Å². The van der Waals surface area contributed by atoms with E-state index in [-0.39, 0.29) is 12.3 Å². The average Bonchev–Trinajstić information content (AvgIpc) is 2.68. The Hall–Kier alpha value is -0.580. The highest BCUT2D eigenvalue weighted by atomic mass is 32.1. The Morgan fingerprint density at radius 3 is 2.26 bits per heavy atom. The van der Waals surface area contributed by atoms with E-state index in [1.807, 2.05) is 0 Å². The van der Waals surface area contributed by atoms with Gasteiger partial charge in [0.25, 0.3) is 5.91 Å². The van der Waals surface area contributed by atoms with Gasteiger partial charge in [-0.25, -0.2) is 0 Å². The second kappa shape index (κ2) is 11.4. The van der Waals surface area contributed by atoms with E-state index in [4.69, 9.17) is 19.7 Å². The number of amides is 1. The first-order valence-electron chi connectivity index (χ1n) is 8.19. The number of carbonyl (C=O) groups excluding carboxylic acids is 1. The van der Waals surface area contributed by atoms with Gasteiger partial charge in [0.1, 0.15) is 42.7 Å². The molecule has 0 unspecified atom stereocenters. The molecule has 1 aliphatic rings. The van der Waals surface area contributed by atoms with Crippen LogP contribution in [0.4, 0.5) is 0 Å². The van der Waals surface area contributed by atoms with Crippen molar-refractivity contribution in [1.82, 2.24) is 5.32 Å². The summed E-state index contributed by atoms with van der Waals surface area (Å²) in [6.45, 7) is -1.59. The molecule has 1 fully saturated rings. The van der Waals surface area contributed by atoms with E-state index in [2.05, 4.69) is 17.9 Å². The van der Waals surface area contributed by atoms with Crippen LogP contribution in [-0.2, 0) is 14.3 Å². The van der Waals surface area contributed by atoms with Gasteiger partial charge in [0.15, 0.2) is 12.4 Å². The van der Waals surface area contributed by atoms with Crippen molar-refractivity contribution in [3.05, 3.63) is 0 Å². The summed E-state index contributed by atoms with van der Waals surface area (Å²) in [6, 6.07) is 0. The van der Waals surface area contributed by atoms with E-state index in [1.54, 1.807) is 0 Å². The molecule has 0 aromatic carbocycles. The number of hydrogen-bond donors (Lipinski definition) is 10. The quantitative estimate of drug-likeness (QED) is 0.151. The van der Waals surface area contributed by atoms with Gasteiger partial charge in [0, 0.05) is 12.3 Å². The molecule has 0 saturated carbocycles. The number of thiol groups is 1. The van der Waals surface area contributed by atoms with Crippen LogP contribution >= 0.6 is 12.6 Å². The molecule has 0 aliphatic carbocycles. The van der Waals surface area contributed by atoms with Gasteiger partial charge in [-0.3, -0.25) is 4.79 Å². The lowest BCUT2D eigenvalue weighted by Gasteiger charge is -2.42. The summed E-state index contributed by atoms with van der Waals surface area (Å²) in [4.78, 5) is 11.8. The fraction of sp³-hybridized carbons (Fsp3) is 0.929. The molecular weight excluding hydrogens is 390 g/mol. The maximum absolute atomic E-state index is 11.8. The number of rotatable bonds is 10. The first kappa shape index (κ1) is 24.5. The van der Waals surface area contributed by atoms with Crippen LogP contribution in [0.2, 0.25) is 0 Å².